The van der Waals surface area contributed by atoms with Crippen molar-refractivity contribution >= 4 is 27.5 Å². The zero-order valence-corrected chi connectivity index (χ0v) is 12.9. The summed E-state index contributed by atoms with van der Waals surface area (Å²) < 4.78 is 18.7. The van der Waals surface area contributed by atoms with E-state index in [4.69, 9.17) is 10.5 Å². The summed E-state index contributed by atoms with van der Waals surface area (Å²) in [6.07, 6.45) is 3.14. The van der Waals surface area contributed by atoms with Gasteiger partial charge in [0, 0.05) is 24.7 Å². The molecule has 6 heteroatoms. The second-order valence-corrected chi connectivity index (χ2v) is 6.13. The molecule has 1 fully saturated rings. The van der Waals surface area contributed by atoms with Gasteiger partial charge in [0.15, 0.2) is 0 Å². The lowest BCUT2D eigenvalue weighted by Gasteiger charge is -2.16. The Morgan fingerprint density at radius 2 is 2.25 bits per heavy atom. The third kappa shape index (κ3) is 3.49. The van der Waals surface area contributed by atoms with E-state index in [1.807, 2.05) is 0 Å². The zero-order chi connectivity index (χ0) is 14.8. The maximum Gasteiger partial charge on any atom is 0.252 e. The van der Waals surface area contributed by atoms with E-state index in [2.05, 4.69) is 21.2 Å². The van der Waals surface area contributed by atoms with Gasteiger partial charge in [-0.1, -0.05) is 0 Å². The largest absolute Gasteiger partial charge is 0.396 e. The van der Waals surface area contributed by atoms with Gasteiger partial charge in [-0.3, -0.25) is 4.79 Å². The Bertz CT molecular complexity index is 518. The molecule has 4 nitrogen and oxygen atoms in total. The smallest absolute Gasteiger partial charge is 0.252 e. The predicted octanol–water partition coefficient (Wildman–Crippen LogP) is 2.72. The molecule has 0 bridgehead atoms. The van der Waals surface area contributed by atoms with Gasteiger partial charge in [0.2, 0.25) is 0 Å². The van der Waals surface area contributed by atoms with Crippen molar-refractivity contribution in [2.75, 3.05) is 26.0 Å². The molecule has 20 heavy (non-hydrogen) atoms. The number of carbonyl (C=O) groups is 1. The predicted molar refractivity (Wildman–Crippen MR) is 79.0 cm³/mol. The van der Waals surface area contributed by atoms with Crippen LogP contribution < -0.4 is 11.1 Å². The molecule has 0 unspecified atom stereocenters. The Balaban J connectivity index is 1.97. The Hall–Kier alpha value is -1.14. The SMILES string of the molecule is COCCC1(CNC(=O)c2cc(N)c(F)cc2Br)CC1. The van der Waals surface area contributed by atoms with Gasteiger partial charge < -0.3 is 15.8 Å². The summed E-state index contributed by atoms with van der Waals surface area (Å²) in [6, 6.07) is 2.56. The van der Waals surface area contributed by atoms with Crippen LogP contribution in [0.4, 0.5) is 10.1 Å². The average Bonchev–Trinajstić information content (AvgIpc) is 3.18. The van der Waals surface area contributed by atoms with Crippen molar-refractivity contribution in [3.63, 3.8) is 0 Å². The molecule has 1 aliphatic carbocycles. The Morgan fingerprint density at radius 1 is 1.55 bits per heavy atom. The number of nitrogens with one attached hydrogen (secondary N) is 1. The molecule has 110 valence electrons. The minimum absolute atomic E-state index is 0.0288. The summed E-state index contributed by atoms with van der Waals surface area (Å²) in [5.74, 6) is -0.778. The van der Waals surface area contributed by atoms with Gasteiger partial charge in [0.25, 0.3) is 5.91 Å². The Labute approximate surface area is 126 Å². The highest BCUT2D eigenvalue weighted by molar-refractivity contribution is 9.10. The number of benzene rings is 1. The van der Waals surface area contributed by atoms with E-state index in [0.29, 0.717) is 23.2 Å². The number of ether oxygens (including phenoxy) is 1. The zero-order valence-electron chi connectivity index (χ0n) is 11.3. The van der Waals surface area contributed by atoms with Crippen LogP contribution in [0, 0.1) is 11.2 Å². The minimum Gasteiger partial charge on any atom is -0.396 e. The number of hydrogen-bond donors (Lipinski definition) is 2. The molecule has 1 saturated carbocycles. The second-order valence-electron chi connectivity index (χ2n) is 5.28. The van der Waals surface area contributed by atoms with Gasteiger partial charge in [-0.05, 0) is 52.7 Å². The molecular formula is C14H18BrFN2O2. The summed E-state index contributed by atoms with van der Waals surface area (Å²) >= 11 is 3.18. The molecule has 0 atom stereocenters. The minimum atomic E-state index is -0.535. The molecule has 1 aliphatic rings. The van der Waals surface area contributed by atoms with Crippen molar-refractivity contribution in [1.82, 2.24) is 5.32 Å². The number of rotatable bonds is 6. The first-order valence-electron chi connectivity index (χ1n) is 6.49. The number of nitrogen functional groups attached to an aromatic ring is 1. The lowest BCUT2D eigenvalue weighted by Crippen LogP contribution is -2.31. The molecule has 0 radical (unpaired) electrons. The monoisotopic (exact) mass is 344 g/mol. The summed E-state index contributed by atoms with van der Waals surface area (Å²) in [4.78, 5) is 12.1. The van der Waals surface area contributed by atoms with E-state index in [1.165, 1.54) is 12.1 Å². The van der Waals surface area contributed by atoms with Crippen LogP contribution in [0.25, 0.3) is 0 Å². The highest BCUT2D eigenvalue weighted by atomic mass is 79.9. The van der Waals surface area contributed by atoms with Crippen molar-refractivity contribution < 1.29 is 13.9 Å². The molecule has 0 heterocycles. The number of methoxy groups -OCH3 is 1. The van der Waals surface area contributed by atoms with Crippen LogP contribution in [-0.2, 0) is 4.74 Å². The van der Waals surface area contributed by atoms with Gasteiger partial charge in [-0.2, -0.15) is 0 Å². The van der Waals surface area contributed by atoms with Crippen molar-refractivity contribution in [3.05, 3.63) is 28.0 Å². The van der Waals surface area contributed by atoms with Gasteiger partial charge in [0.05, 0.1) is 11.3 Å². The summed E-state index contributed by atoms with van der Waals surface area (Å²) in [5.41, 5.74) is 5.99. The molecular weight excluding hydrogens is 327 g/mol. The first-order chi connectivity index (χ1) is 9.47. The molecule has 3 N–H and O–H groups in total. The average molecular weight is 345 g/mol. The van der Waals surface area contributed by atoms with Crippen LogP contribution in [0.5, 0.6) is 0 Å². The lowest BCUT2D eigenvalue weighted by atomic mass is 10.0. The second kappa shape index (κ2) is 6.10. The molecule has 0 saturated heterocycles. The van der Waals surface area contributed by atoms with Gasteiger partial charge in [0.1, 0.15) is 5.82 Å². The molecule has 1 amide bonds. The number of hydrogen-bond acceptors (Lipinski definition) is 3. The van der Waals surface area contributed by atoms with Crippen LogP contribution >= 0.6 is 15.9 Å². The van der Waals surface area contributed by atoms with Crippen molar-refractivity contribution in [3.8, 4) is 0 Å². The van der Waals surface area contributed by atoms with Crippen LogP contribution in [0.2, 0.25) is 0 Å². The number of anilines is 1. The quantitative estimate of drug-likeness (QED) is 0.780. The third-order valence-electron chi connectivity index (χ3n) is 3.75. The van der Waals surface area contributed by atoms with E-state index < -0.39 is 5.82 Å². The van der Waals surface area contributed by atoms with Gasteiger partial charge in [-0.25, -0.2) is 4.39 Å². The van der Waals surface area contributed by atoms with Gasteiger partial charge in [-0.15, -0.1) is 0 Å². The van der Waals surface area contributed by atoms with Crippen LogP contribution in [0.1, 0.15) is 29.6 Å². The summed E-state index contributed by atoms with van der Waals surface area (Å²) in [6.45, 7) is 1.31. The Kier molecular flexibility index (Phi) is 4.65. The highest BCUT2D eigenvalue weighted by Crippen LogP contribution is 2.48. The van der Waals surface area contributed by atoms with E-state index in [1.54, 1.807) is 7.11 Å². The normalized spacial score (nSPS) is 15.9. The standard InChI is InChI=1S/C14H18BrFN2O2/c1-20-5-4-14(2-3-14)8-18-13(19)9-6-12(17)11(16)7-10(9)15/h6-7H,2-5,8,17H2,1H3,(H,18,19). The molecule has 0 spiro atoms. The summed E-state index contributed by atoms with van der Waals surface area (Å²) in [7, 11) is 1.67. The maximum atomic E-state index is 13.2. The van der Waals surface area contributed by atoms with Crippen LogP contribution in [-0.4, -0.2) is 26.2 Å². The van der Waals surface area contributed by atoms with Crippen molar-refractivity contribution in [1.29, 1.82) is 0 Å². The molecule has 1 aromatic rings. The highest BCUT2D eigenvalue weighted by Gasteiger charge is 2.42. The number of carbonyl (C=O) groups excluding carboxylic acids is 1. The van der Waals surface area contributed by atoms with Crippen LogP contribution in [0.15, 0.2) is 16.6 Å². The van der Waals surface area contributed by atoms with Crippen molar-refractivity contribution in [2.24, 2.45) is 5.41 Å². The van der Waals surface area contributed by atoms with Crippen LogP contribution in [0.3, 0.4) is 0 Å². The lowest BCUT2D eigenvalue weighted by molar-refractivity contribution is 0.0937. The van der Waals surface area contributed by atoms with Crippen molar-refractivity contribution in [2.45, 2.75) is 19.3 Å². The Morgan fingerprint density at radius 3 is 2.85 bits per heavy atom. The fourth-order valence-corrected chi connectivity index (χ4v) is 2.61. The number of halogens is 2. The molecule has 1 aromatic carbocycles. The molecule has 0 aliphatic heterocycles. The maximum absolute atomic E-state index is 13.2. The number of nitrogens with two attached hydrogens (primary N) is 1. The molecule has 2 rings (SSSR count). The van der Waals surface area contributed by atoms with E-state index in [-0.39, 0.29) is 17.0 Å². The van der Waals surface area contributed by atoms with E-state index >= 15 is 0 Å². The fraction of sp³-hybridized carbons (Fsp3) is 0.500. The topological polar surface area (TPSA) is 64.3 Å². The first kappa shape index (κ1) is 15.3. The molecule has 0 aromatic heterocycles. The van der Waals surface area contributed by atoms with Gasteiger partial charge >= 0.3 is 0 Å². The fourth-order valence-electron chi connectivity index (χ4n) is 2.11. The third-order valence-corrected chi connectivity index (χ3v) is 4.40. The van der Waals surface area contributed by atoms with E-state index in [9.17, 15) is 9.18 Å². The van der Waals surface area contributed by atoms with E-state index in [0.717, 1.165) is 19.3 Å². The first-order valence-corrected chi connectivity index (χ1v) is 7.28. The summed E-state index contributed by atoms with van der Waals surface area (Å²) in [5, 5.41) is 2.90. The number of amides is 1.